The van der Waals surface area contributed by atoms with Crippen molar-refractivity contribution >= 4 is 5.95 Å². The Labute approximate surface area is 105 Å². The molecule has 94 valence electrons. The molecule has 0 spiro atoms. The van der Waals surface area contributed by atoms with Crippen LogP contribution in [0.3, 0.4) is 0 Å². The molecule has 1 aliphatic rings. The van der Waals surface area contributed by atoms with Gasteiger partial charge in [0.2, 0.25) is 5.95 Å². The molecule has 0 bridgehead atoms. The SMILES string of the molecule is NC1CCN(c2nnnn2-c2ccccc2)CC1. The van der Waals surface area contributed by atoms with Crippen molar-refractivity contribution in [3.05, 3.63) is 30.3 Å². The maximum atomic E-state index is 5.91. The van der Waals surface area contributed by atoms with Crippen LogP contribution in [0.5, 0.6) is 0 Å². The van der Waals surface area contributed by atoms with Gasteiger partial charge < -0.3 is 10.6 Å². The van der Waals surface area contributed by atoms with Gasteiger partial charge in [0.1, 0.15) is 0 Å². The Morgan fingerprint density at radius 2 is 1.83 bits per heavy atom. The molecule has 2 heterocycles. The number of para-hydroxylation sites is 1. The second-order valence-corrected chi connectivity index (χ2v) is 4.55. The smallest absolute Gasteiger partial charge is 0.250 e. The Balaban J connectivity index is 1.88. The van der Waals surface area contributed by atoms with E-state index in [4.69, 9.17) is 5.73 Å². The van der Waals surface area contributed by atoms with Gasteiger partial charge >= 0.3 is 0 Å². The van der Waals surface area contributed by atoms with E-state index < -0.39 is 0 Å². The number of piperidine rings is 1. The molecule has 2 N–H and O–H groups in total. The van der Waals surface area contributed by atoms with Crippen LogP contribution in [0.25, 0.3) is 5.69 Å². The minimum absolute atomic E-state index is 0.308. The first-order valence-corrected chi connectivity index (χ1v) is 6.19. The predicted octanol–water partition coefficient (Wildman–Crippen LogP) is 0.590. The van der Waals surface area contributed by atoms with Crippen molar-refractivity contribution in [1.29, 1.82) is 0 Å². The molecule has 6 nitrogen and oxygen atoms in total. The third kappa shape index (κ3) is 2.06. The quantitative estimate of drug-likeness (QED) is 0.837. The Hall–Kier alpha value is -1.95. The number of nitrogens with zero attached hydrogens (tertiary/aromatic N) is 5. The Kier molecular flexibility index (Phi) is 2.93. The number of nitrogens with two attached hydrogens (primary N) is 1. The van der Waals surface area contributed by atoms with Crippen molar-refractivity contribution < 1.29 is 0 Å². The number of tetrazole rings is 1. The lowest BCUT2D eigenvalue weighted by Crippen LogP contribution is -2.40. The van der Waals surface area contributed by atoms with E-state index in [1.807, 2.05) is 30.3 Å². The number of hydrogen-bond donors (Lipinski definition) is 1. The van der Waals surface area contributed by atoms with Crippen molar-refractivity contribution in [1.82, 2.24) is 20.2 Å². The third-order valence-corrected chi connectivity index (χ3v) is 3.28. The monoisotopic (exact) mass is 244 g/mol. The summed E-state index contributed by atoms with van der Waals surface area (Å²) in [4.78, 5) is 2.19. The fourth-order valence-electron chi connectivity index (χ4n) is 2.22. The molecule has 0 radical (unpaired) electrons. The van der Waals surface area contributed by atoms with E-state index in [0.29, 0.717) is 6.04 Å². The average Bonchev–Trinajstić information content (AvgIpc) is 2.90. The van der Waals surface area contributed by atoms with Gasteiger partial charge in [0.25, 0.3) is 0 Å². The van der Waals surface area contributed by atoms with Gasteiger partial charge in [-0.3, -0.25) is 0 Å². The van der Waals surface area contributed by atoms with Crippen LogP contribution in [-0.4, -0.2) is 39.3 Å². The Morgan fingerprint density at radius 3 is 2.56 bits per heavy atom. The number of aromatic nitrogens is 4. The van der Waals surface area contributed by atoms with Crippen LogP contribution >= 0.6 is 0 Å². The van der Waals surface area contributed by atoms with E-state index in [-0.39, 0.29) is 0 Å². The summed E-state index contributed by atoms with van der Waals surface area (Å²) in [5.74, 6) is 0.799. The van der Waals surface area contributed by atoms with Crippen molar-refractivity contribution in [2.75, 3.05) is 18.0 Å². The van der Waals surface area contributed by atoms with Gasteiger partial charge in [-0.15, -0.1) is 0 Å². The van der Waals surface area contributed by atoms with Gasteiger partial charge in [-0.1, -0.05) is 23.3 Å². The molecular formula is C12H16N6. The molecule has 1 aliphatic heterocycles. The first-order chi connectivity index (χ1) is 8.84. The molecule has 0 atom stereocenters. The van der Waals surface area contributed by atoms with Crippen molar-refractivity contribution in [3.8, 4) is 5.69 Å². The predicted molar refractivity (Wildman–Crippen MR) is 68.6 cm³/mol. The summed E-state index contributed by atoms with van der Waals surface area (Å²) in [6.45, 7) is 1.82. The largest absolute Gasteiger partial charge is 0.339 e. The van der Waals surface area contributed by atoms with Crippen LogP contribution in [0.15, 0.2) is 30.3 Å². The first kappa shape index (κ1) is 11.2. The molecule has 0 amide bonds. The lowest BCUT2D eigenvalue weighted by Gasteiger charge is -2.30. The highest BCUT2D eigenvalue weighted by atomic mass is 15.6. The molecular weight excluding hydrogens is 228 g/mol. The van der Waals surface area contributed by atoms with Gasteiger partial charge in [0.15, 0.2) is 0 Å². The van der Waals surface area contributed by atoms with E-state index in [0.717, 1.165) is 37.6 Å². The molecule has 0 aliphatic carbocycles. The van der Waals surface area contributed by atoms with Gasteiger partial charge in [-0.25, -0.2) is 0 Å². The Bertz CT molecular complexity index is 500. The molecule has 18 heavy (non-hydrogen) atoms. The standard InChI is InChI=1S/C12H16N6/c13-10-6-8-17(9-7-10)12-14-15-16-18(12)11-4-2-1-3-5-11/h1-5,10H,6-9,13H2. The summed E-state index contributed by atoms with van der Waals surface area (Å²) in [6, 6.07) is 10.2. The lowest BCUT2D eigenvalue weighted by atomic mass is 10.1. The van der Waals surface area contributed by atoms with Crippen LogP contribution in [-0.2, 0) is 0 Å². The normalized spacial score (nSPS) is 17.1. The summed E-state index contributed by atoms with van der Waals surface area (Å²) in [6.07, 6.45) is 1.98. The van der Waals surface area contributed by atoms with Crippen molar-refractivity contribution in [3.63, 3.8) is 0 Å². The number of benzene rings is 1. The van der Waals surface area contributed by atoms with Gasteiger partial charge in [0.05, 0.1) is 5.69 Å². The topological polar surface area (TPSA) is 72.9 Å². The molecule has 3 rings (SSSR count). The first-order valence-electron chi connectivity index (χ1n) is 6.19. The van der Waals surface area contributed by atoms with Crippen LogP contribution in [0.1, 0.15) is 12.8 Å². The second kappa shape index (κ2) is 4.73. The molecule has 1 saturated heterocycles. The van der Waals surface area contributed by atoms with Gasteiger partial charge in [0, 0.05) is 19.1 Å². The third-order valence-electron chi connectivity index (χ3n) is 3.28. The molecule has 2 aromatic rings. The number of hydrogen-bond acceptors (Lipinski definition) is 5. The summed E-state index contributed by atoms with van der Waals surface area (Å²) in [7, 11) is 0. The second-order valence-electron chi connectivity index (χ2n) is 4.55. The van der Waals surface area contributed by atoms with Gasteiger partial charge in [-0.2, -0.15) is 4.68 Å². The van der Waals surface area contributed by atoms with Gasteiger partial charge in [-0.05, 0) is 35.4 Å². The van der Waals surface area contributed by atoms with Crippen LogP contribution in [0, 0.1) is 0 Å². The highest BCUT2D eigenvalue weighted by molar-refractivity contribution is 5.40. The van der Waals surface area contributed by atoms with Crippen molar-refractivity contribution in [2.45, 2.75) is 18.9 Å². The van der Waals surface area contributed by atoms with Crippen molar-refractivity contribution in [2.24, 2.45) is 5.73 Å². The van der Waals surface area contributed by atoms with E-state index >= 15 is 0 Å². The fourth-order valence-corrected chi connectivity index (χ4v) is 2.22. The fraction of sp³-hybridized carbons (Fsp3) is 0.417. The highest BCUT2D eigenvalue weighted by Crippen LogP contribution is 2.19. The lowest BCUT2D eigenvalue weighted by molar-refractivity contribution is 0.493. The number of anilines is 1. The molecule has 0 unspecified atom stereocenters. The maximum Gasteiger partial charge on any atom is 0.250 e. The van der Waals surface area contributed by atoms with E-state index in [9.17, 15) is 0 Å². The summed E-state index contributed by atoms with van der Waals surface area (Å²) >= 11 is 0. The number of rotatable bonds is 2. The maximum absolute atomic E-state index is 5.91. The Morgan fingerprint density at radius 1 is 1.11 bits per heavy atom. The minimum Gasteiger partial charge on any atom is -0.339 e. The molecule has 1 fully saturated rings. The summed E-state index contributed by atoms with van der Waals surface area (Å²) in [5, 5.41) is 12.0. The molecule has 1 aromatic heterocycles. The van der Waals surface area contributed by atoms with Crippen LogP contribution in [0.2, 0.25) is 0 Å². The van der Waals surface area contributed by atoms with Crippen LogP contribution in [0.4, 0.5) is 5.95 Å². The zero-order valence-corrected chi connectivity index (χ0v) is 10.1. The highest BCUT2D eigenvalue weighted by Gasteiger charge is 2.21. The zero-order valence-electron chi connectivity index (χ0n) is 10.1. The summed E-state index contributed by atoms with van der Waals surface area (Å²) < 4.78 is 1.77. The molecule has 6 heteroatoms. The molecule has 0 saturated carbocycles. The van der Waals surface area contributed by atoms with E-state index in [1.165, 1.54) is 0 Å². The summed E-state index contributed by atoms with van der Waals surface area (Å²) in [5.41, 5.74) is 6.89. The average molecular weight is 244 g/mol. The van der Waals surface area contributed by atoms with E-state index in [2.05, 4.69) is 20.4 Å². The van der Waals surface area contributed by atoms with Crippen LogP contribution < -0.4 is 10.6 Å². The molecule has 1 aromatic carbocycles. The minimum atomic E-state index is 0.308. The zero-order chi connectivity index (χ0) is 12.4. The van der Waals surface area contributed by atoms with E-state index in [1.54, 1.807) is 4.68 Å².